The topological polar surface area (TPSA) is 41.6 Å². The molecule has 0 spiro atoms. The third-order valence-corrected chi connectivity index (χ3v) is 3.18. The highest BCUT2D eigenvalue weighted by Crippen LogP contribution is 2.30. The highest BCUT2D eigenvalue weighted by atomic mass is 16.5. The molecule has 0 unspecified atom stereocenters. The van der Waals surface area contributed by atoms with Crippen LogP contribution in [-0.4, -0.2) is 26.2 Å². The molecule has 0 aromatic heterocycles. The van der Waals surface area contributed by atoms with Crippen LogP contribution in [0.4, 0.5) is 10.5 Å². The SMILES string of the molecule is CCCNC(=O)N1CCCc2ccc(OC)cc21. The van der Waals surface area contributed by atoms with E-state index in [0.29, 0.717) is 6.54 Å². The first-order valence-electron chi connectivity index (χ1n) is 6.48. The summed E-state index contributed by atoms with van der Waals surface area (Å²) < 4.78 is 5.23. The van der Waals surface area contributed by atoms with Gasteiger partial charge in [0.15, 0.2) is 0 Å². The lowest BCUT2D eigenvalue weighted by atomic mass is 10.0. The van der Waals surface area contributed by atoms with Crippen molar-refractivity contribution in [3.05, 3.63) is 23.8 Å². The molecule has 4 nitrogen and oxygen atoms in total. The minimum atomic E-state index is -0.00828. The Hall–Kier alpha value is -1.71. The van der Waals surface area contributed by atoms with E-state index in [1.54, 1.807) is 7.11 Å². The molecule has 0 atom stereocenters. The fraction of sp³-hybridized carbons (Fsp3) is 0.500. The van der Waals surface area contributed by atoms with E-state index in [0.717, 1.165) is 37.2 Å². The maximum atomic E-state index is 12.1. The van der Waals surface area contributed by atoms with Crippen LogP contribution in [0.25, 0.3) is 0 Å². The number of urea groups is 1. The lowest BCUT2D eigenvalue weighted by molar-refractivity contribution is 0.246. The van der Waals surface area contributed by atoms with Gasteiger partial charge in [-0.2, -0.15) is 0 Å². The van der Waals surface area contributed by atoms with E-state index in [-0.39, 0.29) is 6.03 Å². The summed E-state index contributed by atoms with van der Waals surface area (Å²) in [7, 11) is 1.64. The lowest BCUT2D eigenvalue weighted by Crippen LogP contribution is -2.43. The highest BCUT2D eigenvalue weighted by molar-refractivity contribution is 5.93. The van der Waals surface area contributed by atoms with Crippen molar-refractivity contribution in [3.63, 3.8) is 0 Å². The molecule has 0 bridgehead atoms. The van der Waals surface area contributed by atoms with Crippen LogP contribution in [0, 0.1) is 0 Å². The van der Waals surface area contributed by atoms with E-state index in [4.69, 9.17) is 4.74 Å². The van der Waals surface area contributed by atoms with Gasteiger partial charge in [-0.15, -0.1) is 0 Å². The van der Waals surface area contributed by atoms with Gasteiger partial charge < -0.3 is 10.1 Å². The van der Waals surface area contributed by atoms with E-state index in [9.17, 15) is 4.79 Å². The smallest absolute Gasteiger partial charge is 0.321 e. The number of nitrogens with zero attached hydrogens (tertiary/aromatic N) is 1. The quantitative estimate of drug-likeness (QED) is 0.893. The number of methoxy groups -OCH3 is 1. The number of benzene rings is 1. The van der Waals surface area contributed by atoms with Gasteiger partial charge in [-0.25, -0.2) is 4.79 Å². The Morgan fingerprint density at radius 3 is 3.06 bits per heavy atom. The second-order valence-electron chi connectivity index (χ2n) is 4.48. The molecule has 1 aliphatic rings. The molecule has 0 radical (unpaired) electrons. The third kappa shape index (κ3) is 2.58. The van der Waals surface area contributed by atoms with E-state index in [1.807, 2.05) is 30.0 Å². The van der Waals surface area contributed by atoms with Gasteiger partial charge in [0.05, 0.1) is 12.8 Å². The molecule has 1 heterocycles. The number of ether oxygens (including phenoxy) is 1. The largest absolute Gasteiger partial charge is 0.497 e. The van der Waals surface area contributed by atoms with E-state index < -0.39 is 0 Å². The van der Waals surface area contributed by atoms with E-state index in [1.165, 1.54) is 5.56 Å². The number of nitrogens with one attached hydrogen (secondary N) is 1. The van der Waals surface area contributed by atoms with Gasteiger partial charge in [0.2, 0.25) is 0 Å². The van der Waals surface area contributed by atoms with Crippen LogP contribution >= 0.6 is 0 Å². The molecular weight excluding hydrogens is 228 g/mol. The number of fused-ring (bicyclic) bond motifs is 1. The molecule has 0 saturated carbocycles. The van der Waals surface area contributed by atoms with Gasteiger partial charge in [-0.05, 0) is 30.9 Å². The van der Waals surface area contributed by atoms with Crippen molar-refractivity contribution in [1.82, 2.24) is 5.32 Å². The Kier molecular flexibility index (Phi) is 4.07. The molecule has 18 heavy (non-hydrogen) atoms. The van der Waals surface area contributed by atoms with Crippen molar-refractivity contribution >= 4 is 11.7 Å². The summed E-state index contributed by atoms with van der Waals surface area (Å²) in [6, 6.07) is 5.94. The summed E-state index contributed by atoms with van der Waals surface area (Å²) in [6.07, 6.45) is 2.99. The summed E-state index contributed by atoms with van der Waals surface area (Å²) >= 11 is 0. The first-order chi connectivity index (χ1) is 8.76. The number of hydrogen-bond donors (Lipinski definition) is 1. The summed E-state index contributed by atoms with van der Waals surface area (Å²) in [4.78, 5) is 13.9. The van der Waals surface area contributed by atoms with Gasteiger partial charge >= 0.3 is 6.03 Å². The van der Waals surface area contributed by atoms with Crippen molar-refractivity contribution < 1.29 is 9.53 Å². The fourth-order valence-electron chi connectivity index (χ4n) is 2.22. The zero-order valence-corrected chi connectivity index (χ0v) is 11.0. The summed E-state index contributed by atoms with van der Waals surface area (Å²) in [5.41, 5.74) is 2.20. The van der Waals surface area contributed by atoms with Crippen LogP contribution in [0.15, 0.2) is 18.2 Å². The molecule has 1 aromatic rings. The molecule has 1 N–H and O–H groups in total. The number of carbonyl (C=O) groups excluding carboxylic acids is 1. The van der Waals surface area contributed by atoms with Crippen molar-refractivity contribution in [3.8, 4) is 5.75 Å². The van der Waals surface area contributed by atoms with Crippen LogP contribution in [-0.2, 0) is 6.42 Å². The first kappa shape index (κ1) is 12.7. The Morgan fingerprint density at radius 2 is 2.33 bits per heavy atom. The summed E-state index contributed by atoms with van der Waals surface area (Å²) in [6.45, 7) is 3.54. The van der Waals surface area contributed by atoms with Crippen molar-refractivity contribution in [2.45, 2.75) is 26.2 Å². The van der Waals surface area contributed by atoms with Gasteiger partial charge in [-0.3, -0.25) is 4.90 Å². The van der Waals surface area contributed by atoms with Crippen LogP contribution in [0.5, 0.6) is 5.75 Å². The molecule has 0 saturated heterocycles. The number of anilines is 1. The fourth-order valence-corrected chi connectivity index (χ4v) is 2.22. The second kappa shape index (κ2) is 5.76. The van der Waals surface area contributed by atoms with Gasteiger partial charge in [0.1, 0.15) is 5.75 Å². The van der Waals surface area contributed by atoms with Crippen LogP contribution in [0.3, 0.4) is 0 Å². The highest BCUT2D eigenvalue weighted by Gasteiger charge is 2.22. The maximum Gasteiger partial charge on any atom is 0.321 e. The van der Waals surface area contributed by atoms with Crippen LogP contribution in [0.2, 0.25) is 0 Å². The molecule has 1 aliphatic heterocycles. The van der Waals surface area contributed by atoms with Crippen molar-refractivity contribution in [1.29, 1.82) is 0 Å². The molecule has 0 aliphatic carbocycles. The maximum absolute atomic E-state index is 12.1. The lowest BCUT2D eigenvalue weighted by Gasteiger charge is -2.29. The predicted octanol–water partition coefficient (Wildman–Crippen LogP) is 2.57. The number of aryl methyl sites for hydroxylation is 1. The van der Waals surface area contributed by atoms with Gasteiger partial charge in [-0.1, -0.05) is 13.0 Å². The Labute approximate surface area is 108 Å². The van der Waals surface area contributed by atoms with E-state index in [2.05, 4.69) is 5.32 Å². The van der Waals surface area contributed by atoms with E-state index >= 15 is 0 Å². The number of carbonyl (C=O) groups is 1. The van der Waals surface area contributed by atoms with Crippen molar-refractivity contribution in [2.24, 2.45) is 0 Å². The summed E-state index contributed by atoms with van der Waals surface area (Å²) in [5, 5.41) is 2.93. The Bertz CT molecular complexity index is 432. The molecule has 2 amide bonds. The Morgan fingerprint density at radius 1 is 1.50 bits per heavy atom. The first-order valence-corrected chi connectivity index (χ1v) is 6.48. The average molecular weight is 248 g/mol. The molecule has 2 rings (SSSR count). The predicted molar refractivity (Wildman–Crippen MR) is 72.4 cm³/mol. The van der Waals surface area contributed by atoms with Gasteiger partial charge in [0.25, 0.3) is 0 Å². The molecule has 98 valence electrons. The summed E-state index contributed by atoms with van der Waals surface area (Å²) in [5.74, 6) is 0.795. The van der Waals surface area contributed by atoms with Crippen LogP contribution < -0.4 is 15.0 Å². The zero-order valence-electron chi connectivity index (χ0n) is 11.0. The average Bonchev–Trinajstić information content (AvgIpc) is 2.43. The zero-order chi connectivity index (χ0) is 13.0. The van der Waals surface area contributed by atoms with Crippen molar-refractivity contribution in [2.75, 3.05) is 25.1 Å². The molecule has 0 fully saturated rings. The van der Waals surface area contributed by atoms with Gasteiger partial charge in [0, 0.05) is 19.2 Å². The monoisotopic (exact) mass is 248 g/mol. The Balaban J connectivity index is 2.22. The minimum Gasteiger partial charge on any atom is -0.497 e. The molecular formula is C14H20N2O2. The van der Waals surface area contributed by atoms with Crippen LogP contribution in [0.1, 0.15) is 25.3 Å². The normalized spacial score (nSPS) is 14.0. The number of hydrogen-bond acceptors (Lipinski definition) is 2. The molecule has 1 aromatic carbocycles. The number of amides is 2. The minimum absolute atomic E-state index is 0.00828. The second-order valence-corrected chi connectivity index (χ2v) is 4.48. The standard InChI is InChI=1S/C14H20N2O2/c1-3-8-15-14(17)16-9-4-5-11-6-7-12(18-2)10-13(11)16/h6-7,10H,3-5,8-9H2,1-2H3,(H,15,17). The third-order valence-electron chi connectivity index (χ3n) is 3.18. The molecule has 4 heteroatoms. The number of rotatable bonds is 3.